The highest BCUT2D eigenvalue weighted by molar-refractivity contribution is 6.04. The van der Waals surface area contributed by atoms with Crippen LogP contribution in [0.3, 0.4) is 0 Å². The molecule has 0 bridgehead atoms. The van der Waals surface area contributed by atoms with Crippen LogP contribution in [-0.2, 0) is 9.53 Å². The monoisotopic (exact) mass is 378 g/mol. The maximum Gasteiger partial charge on any atom is 0.339 e. The normalized spacial score (nSPS) is 10.7. The molecule has 6 nitrogen and oxygen atoms in total. The summed E-state index contributed by atoms with van der Waals surface area (Å²) in [5.41, 5.74) is 2.49. The Morgan fingerprint density at radius 1 is 1.07 bits per heavy atom. The first-order valence-electron chi connectivity index (χ1n) is 8.98. The van der Waals surface area contributed by atoms with Gasteiger partial charge in [-0.15, -0.1) is 0 Å². The van der Waals surface area contributed by atoms with Gasteiger partial charge < -0.3 is 14.8 Å². The minimum Gasteiger partial charge on any atom is -0.497 e. The fourth-order valence-electron chi connectivity index (χ4n) is 2.77. The lowest BCUT2D eigenvalue weighted by molar-refractivity contribution is -0.119. The Balaban J connectivity index is 1.73. The number of carbonyl (C=O) groups is 2. The molecule has 3 rings (SSSR count). The summed E-state index contributed by atoms with van der Waals surface area (Å²) in [6, 6.07) is 16.1. The third-order valence-electron chi connectivity index (χ3n) is 4.24. The van der Waals surface area contributed by atoms with Gasteiger partial charge >= 0.3 is 5.97 Å². The van der Waals surface area contributed by atoms with Crippen LogP contribution in [0.5, 0.6) is 5.75 Å². The van der Waals surface area contributed by atoms with E-state index < -0.39 is 11.9 Å². The molecule has 0 aliphatic heterocycles. The summed E-state index contributed by atoms with van der Waals surface area (Å²) in [7, 11) is 1.55. The fourth-order valence-corrected chi connectivity index (χ4v) is 2.77. The third kappa shape index (κ3) is 4.46. The smallest absolute Gasteiger partial charge is 0.339 e. The van der Waals surface area contributed by atoms with Gasteiger partial charge in [0, 0.05) is 22.8 Å². The van der Waals surface area contributed by atoms with Crippen LogP contribution < -0.4 is 10.1 Å². The van der Waals surface area contributed by atoms with Crippen LogP contribution in [0, 0.1) is 0 Å². The summed E-state index contributed by atoms with van der Waals surface area (Å²) in [4.78, 5) is 29.4. The number of rotatable bonds is 6. The van der Waals surface area contributed by atoms with Crippen molar-refractivity contribution < 1.29 is 19.1 Å². The number of esters is 1. The average Bonchev–Trinajstić information content (AvgIpc) is 2.71. The summed E-state index contributed by atoms with van der Waals surface area (Å²) in [6.45, 7) is 3.63. The molecule has 0 aliphatic carbocycles. The van der Waals surface area contributed by atoms with Crippen LogP contribution in [-0.4, -0.2) is 30.6 Å². The molecule has 0 unspecified atom stereocenters. The molecule has 0 saturated heterocycles. The van der Waals surface area contributed by atoms with Crippen molar-refractivity contribution in [1.82, 2.24) is 4.98 Å². The minimum absolute atomic E-state index is 0.160. The van der Waals surface area contributed by atoms with Crippen LogP contribution in [0.25, 0.3) is 10.9 Å². The van der Waals surface area contributed by atoms with Crippen molar-refractivity contribution in [1.29, 1.82) is 0 Å². The molecule has 1 N–H and O–H groups in total. The number of aromatic nitrogens is 1. The Labute approximate surface area is 163 Å². The number of amides is 1. The zero-order valence-corrected chi connectivity index (χ0v) is 16.1. The van der Waals surface area contributed by atoms with Crippen molar-refractivity contribution in [2.75, 3.05) is 19.0 Å². The highest BCUT2D eigenvalue weighted by atomic mass is 16.5. The Morgan fingerprint density at radius 2 is 1.86 bits per heavy atom. The van der Waals surface area contributed by atoms with Gasteiger partial charge in [-0.3, -0.25) is 9.78 Å². The van der Waals surface area contributed by atoms with E-state index >= 15 is 0 Å². The first-order chi connectivity index (χ1) is 13.5. The number of fused-ring (bicyclic) bond motifs is 1. The molecule has 6 heteroatoms. The second kappa shape index (κ2) is 8.52. The molecule has 1 aromatic heterocycles. The first kappa shape index (κ1) is 19.4. The maximum absolute atomic E-state index is 12.6. The number of hydrogen-bond acceptors (Lipinski definition) is 5. The van der Waals surface area contributed by atoms with Gasteiger partial charge in [0.25, 0.3) is 5.91 Å². The van der Waals surface area contributed by atoms with E-state index in [4.69, 9.17) is 9.47 Å². The summed E-state index contributed by atoms with van der Waals surface area (Å²) in [5.74, 6) is -0.197. The van der Waals surface area contributed by atoms with Crippen LogP contribution in [0.1, 0.15) is 35.8 Å². The number of methoxy groups -OCH3 is 1. The predicted octanol–water partition coefficient (Wildman–Crippen LogP) is 4.16. The van der Waals surface area contributed by atoms with Gasteiger partial charge in [0.1, 0.15) is 5.75 Å². The number of pyridine rings is 1. The maximum atomic E-state index is 12.6. The molecule has 0 aliphatic rings. The number of hydrogen-bond donors (Lipinski definition) is 1. The van der Waals surface area contributed by atoms with Crippen LogP contribution in [0.15, 0.2) is 54.6 Å². The van der Waals surface area contributed by atoms with E-state index in [0.29, 0.717) is 22.4 Å². The van der Waals surface area contributed by atoms with Crippen molar-refractivity contribution in [3.63, 3.8) is 0 Å². The summed E-state index contributed by atoms with van der Waals surface area (Å²) in [6.07, 6.45) is 0. The molecule has 2 aromatic carbocycles. The van der Waals surface area contributed by atoms with Gasteiger partial charge in [-0.25, -0.2) is 4.79 Å². The van der Waals surface area contributed by atoms with Gasteiger partial charge in [0.15, 0.2) is 6.61 Å². The van der Waals surface area contributed by atoms with Crippen molar-refractivity contribution in [2.24, 2.45) is 0 Å². The zero-order chi connectivity index (χ0) is 20.1. The number of benzene rings is 2. The van der Waals surface area contributed by atoms with E-state index in [0.717, 1.165) is 11.2 Å². The topological polar surface area (TPSA) is 77.5 Å². The molecule has 0 radical (unpaired) electrons. The number of ether oxygens (including phenoxy) is 2. The second-order valence-corrected chi connectivity index (χ2v) is 6.62. The van der Waals surface area contributed by atoms with E-state index in [9.17, 15) is 9.59 Å². The van der Waals surface area contributed by atoms with Crippen molar-refractivity contribution in [2.45, 2.75) is 19.8 Å². The fraction of sp³-hybridized carbons (Fsp3) is 0.227. The molecule has 0 saturated carbocycles. The Hall–Kier alpha value is -3.41. The van der Waals surface area contributed by atoms with Crippen molar-refractivity contribution in [3.8, 4) is 5.75 Å². The Morgan fingerprint density at radius 3 is 2.61 bits per heavy atom. The lowest BCUT2D eigenvalue weighted by Gasteiger charge is -2.12. The van der Waals surface area contributed by atoms with E-state index in [1.807, 2.05) is 38.1 Å². The summed E-state index contributed by atoms with van der Waals surface area (Å²) in [5, 5.41) is 3.38. The molecular weight excluding hydrogens is 356 g/mol. The summed E-state index contributed by atoms with van der Waals surface area (Å²) >= 11 is 0. The minimum atomic E-state index is -0.554. The quantitative estimate of drug-likeness (QED) is 0.652. The molecular formula is C22H22N2O4. The Bertz CT molecular complexity index is 1010. The van der Waals surface area contributed by atoms with Gasteiger partial charge in [-0.1, -0.05) is 38.1 Å². The number of nitrogens with zero attached hydrogens (tertiary/aromatic N) is 1. The lowest BCUT2D eigenvalue weighted by Crippen LogP contribution is -2.21. The highest BCUT2D eigenvalue weighted by Gasteiger charge is 2.17. The van der Waals surface area contributed by atoms with Gasteiger partial charge in [-0.2, -0.15) is 0 Å². The van der Waals surface area contributed by atoms with E-state index in [1.165, 1.54) is 0 Å². The van der Waals surface area contributed by atoms with E-state index in [1.54, 1.807) is 37.4 Å². The van der Waals surface area contributed by atoms with Gasteiger partial charge in [0.05, 0.1) is 18.2 Å². The zero-order valence-electron chi connectivity index (χ0n) is 16.1. The summed E-state index contributed by atoms with van der Waals surface area (Å²) < 4.78 is 10.4. The molecule has 0 atom stereocenters. The van der Waals surface area contributed by atoms with Crippen LogP contribution >= 0.6 is 0 Å². The number of anilines is 1. The molecule has 3 aromatic rings. The lowest BCUT2D eigenvalue weighted by atomic mass is 10.0. The van der Waals surface area contributed by atoms with Gasteiger partial charge in [0.2, 0.25) is 0 Å². The number of para-hydroxylation sites is 1. The largest absolute Gasteiger partial charge is 0.497 e. The molecule has 0 fully saturated rings. The molecule has 1 heterocycles. The molecule has 144 valence electrons. The molecule has 0 spiro atoms. The predicted molar refractivity (Wildman–Crippen MR) is 108 cm³/mol. The first-order valence-corrected chi connectivity index (χ1v) is 8.98. The Kier molecular flexibility index (Phi) is 5.89. The van der Waals surface area contributed by atoms with E-state index in [2.05, 4.69) is 10.3 Å². The van der Waals surface area contributed by atoms with Crippen LogP contribution in [0.2, 0.25) is 0 Å². The molecule has 1 amide bonds. The van der Waals surface area contributed by atoms with E-state index in [-0.39, 0.29) is 12.5 Å². The van der Waals surface area contributed by atoms with Crippen LogP contribution in [0.4, 0.5) is 5.69 Å². The van der Waals surface area contributed by atoms with Crippen molar-refractivity contribution in [3.05, 3.63) is 65.9 Å². The SMILES string of the molecule is COc1cccc(NC(=O)COC(=O)c2cc(C(C)C)nc3ccccc23)c1. The van der Waals surface area contributed by atoms with Crippen molar-refractivity contribution >= 4 is 28.5 Å². The average molecular weight is 378 g/mol. The highest BCUT2D eigenvalue weighted by Crippen LogP contribution is 2.23. The van der Waals surface area contributed by atoms with Gasteiger partial charge in [-0.05, 0) is 30.2 Å². The standard InChI is InChI=1S/C22H22N2O4/c1-14(2)20-12-18(17-9-4-5-10-19(17)24-20)22(26)28-13-21(25)23-15-7-6-8-16(11-15)27-3/h4-12,14H,13H2,1-3H3,(H,23,25). The number of nitrogens with one attached hydrogen (secondary N) is 1. The third-order valence-corrected chi connectivity index (χ3v) is 4.24. The molecule has 28 heavy (non-hydrogen) atoms. The second-order valence-electron chi connectivity index (χ2n) is 6.62. The number of carbonyl (C=O) groups excluding carboxylic acids is 2.